The molecule has 2 nitrogen and oxygen atoms in total. The topological polar surface area (TPSA) is 21.3 Å². The minimum atomic E-state index is 0.674. The Hall–Kier alpha value is -0.600. The third kappa shape index (κ3) is 5.95. The molecule has 1 aliphatic rings. The Morgan fingerprint density at radius 2 is 2.14 bits per heavy atom. The highest BCUT2D eigenvalue weighted by molar-refractivity contribution is 4.99. The molecule has 14 heavy (non-hydrogen) atoms. The van der Waals surface area contributed by atoms with E-state index < -0.39 is 0 Å². The molecule has 2 heteroatoms. The third-order valence-corrected chi connectivity index (χ3v) is 2.20. The van der Waals surface area contributed by atoms with Gasteiger partial charge in [0.1, 0.15) is 0 Å². The van der Waals surface area contributed by atoms with E-state index in [2.05, 4.69) is 18.5 Å². The van der Waals surface area contributed by atoms with Crippen molar-refractivity contribution in [1.82, 2.24) is 5.32 Å². The van der Waals surface area contributed by atoms with Crippen LogP contribution in [-0.4, -0.2) is 25.8 Å². The van der Waals surface area contributed by atoms with E-state index in [4.69, 9.17) is 4.74 Å². The van der Waals surface area contributed by atoms with Crippen LogP contribution in [0.15, 0.2) is 24.3 Å². The van der Waals surface area contributed by atoms with Crippen molar-refractivity contribution in [2.45, 2.75) is 32.2 Å². The van der Waals surface area contributed by atoms with Gasteiger partial charge in [0, 0.05) is 12.6 Å². The zero-order valence-electron chi connectivity index (χ0n) is 9.14. The average molecular weight is 195 g/mol. The molecule has 0 spiro atoms. The summed E-state index contributed by atoms with van der Waals surface area (Å²) in [7, 11) is 0. The zero-order valence-corrected chi connectivity index (χ0v) is 9.14. The molecular formula is C12H21NO. The molecule has 0 amide bonds. The summed E-state index contributed by atoms with van der Waals surface area (Å²) in [5.74, 6) is 0. The van der Waals surface area contributed by atoms with Crippen LogP contribution in [0, 0.1) is 0 Å². The van der Waals surface area contributed by atoms with Crippen molar-refractivity contribution in [3.05, 3.63) is 24.3 Å². The fraction of sp³-hybridized carbons (Fsp3) is 0.667. The van der Waals surface area contributed by atoms with Gasteiger partial charge in [-0.1, -0.05) is 12.2 Å². The maximum absolute atomic E-state index is 5.46. The molecule has 0 heterocycles. The third-order valence-electron chi connectivity index (χ3n) is 2.20. The van der Waals surface area contributed by atoms with Gasteiger partial charge in [-0.3, -0.25) is 0 Å². The van der Waals surface area contributed by atoms with E-state index in [1.807, 2.05) is 6.92 Å². The van der Waals surface area contributed by atoms with Gasteiger partial charge in [0.05, 0.1) is 13.2 Å². The first-order valence-electron chi connectivity index (χ1n) is 5.30. The van der Waals surface area contributed by atoms with Crippen molar-refractivity contribution >= 4 is 0 Å². The van der Waals surface area contributed by atoms with Gasteiger partial charge in [-0.05, 0) is 31.8 Å². The van der Waals surface area contributed by atoms with Crippen LogP contribution in [0.2, 0.25) is 0 Å². The fourth-order valence-corrected chi connectivity index (χ4v) is 1.09. The first-order chi connectivity index (χ1) is 6.68. The lowest BCUT2D eigenvalue weighted by molar-refractivity contribution is 0.158. The zero-order chi connectivity index (χ0) is 10.4. The van der Waals surface area contributed by atoms with Crippen LogP contribution in [0.1, 0.15) is 26.2 Å². The number of ether oxygens (including phenoxy) is 1. The van der Waals surface area contributed by atoms with Gasteiger partial charge in [-0.25, -0.2) is 0 Å². The van der Waals surface area contributed by atoms with Crippen molar-refractivity contribution < 1.29 is 4.74 Å². The Kier molecular flexibility index (Phi) is 4.91. The van der Waals surface area contributed by atoms with Gasteiger partial charge >= 0.3 is 0 Å². The van der Waals surface area contributed by atoms with Gasteiger partial charge in [-0.15, -0.1) is 6.58 Å². The molecule has 0 aliphatic heterocycles. The normalized spacial score (nSPS) is 15.5. The van der Waals surface area contributed by atoms with E-state index in [0.717, 1.165) is 31.2 Å². The first-order valence-corrected chi connectivity index (χ1v) is 5.30. The first kappa shape index (κ1) is 11.5. The lowest BCUT2D eigenvalue weighted by Gasteiger charge is -2.07. The SMILES string of the molecule is C=C(C)CCOCC(=C)CNC1CC1. The van der Waals surface area contributed by atoms with E-state index >= 15 is 0 Å². The van der Waals surface area contributed by atoms with Gasteiger partial charge in [0.2, 0.25) is 0 Å². The van der Waals surface area contributed by atoms with E-state index in [9.17, 15) is 0 Å². The van der Waals surface area contributed by atoms with Crippen LogP contribution in [-0.2, 0) is 4.74 Å². The Morgan fingerprint density at radius 1 is 1.43 bits per heavy atom. The van der Waals surface area contributed by atoms with E-state index in [1.54, 1.807) is 0 Å². The number of nitrogens with one attached hydrogen (secondary N) is 1. The largest absolute Gasteiger partial charge is 0.377 e. The molecule has 0 radical (unpaired) electrons. The van der Waals surface area contributed by atoms with Gasteiger partial charge < -0.3 is 10.1 Å². The molecule has 1 aliphatic carbocycles. The minimum absolute atomic E-state index is 0.674. The van der Waals surface area contributed by atoms with Crippen molar-refractivity contribution in [3.8, 4) is 0 Å². The standard InChI is InChI=1S/C12H21NO/c1-10(2)6-7-14-9-11(3)8-13-12-4-5-12/h12-13H,1,3-9H2,2H3. The molecule has 1 N–H and O–H groups in total. The molecular weight excluding hydrogens is 174 g/mol. The Balaban J connectivity index is 1.88. The van der Waals surface area contributed by atoms with Crippen LogP contribution in [0.25, 0.3) is 0 Å². The Morgan fingerprint density at radius 3 is 2.71 bits per heavy atom. The molecule has 1 fully saturated rings. The summed E-state index contributed by atoms with van der Waals surface area (Å²) in [5, 5.41) is 3.41. The highest BCUT2D eigenvalue weighted by Gasteiger charge is 2.19. The van der Waals surface area contributed by atoms with E-state index in [0.29, 0.717) is 6.61 Å². The monoisotopic (exact) mass is 195 g/mol. The maximum atomic E-state index is 5.46. The second kappa shape index (κ2) is 5.99. The minimum Gasteiger partial charge on any atom is -0.377 e. The molecule has 0 saturated heterocycles. The average Bonchev–Trinajstić information content (AvgIpc) is 2.92. The van der Waals surface area contributed by atoms with Crippen LogP contribution in [0.4, 0.5) is 0 Å². The van der Waals surface area contributed by atoms with Crippen molar-refractivity contribution in [2.24, 2.45) is 0 Å². The fourth-order valence-electron chi connectivity index (χ4n) is 1.09. The molecule has 0 atom stereocenters. The summed E-state index contributed by atoms with van der Waals surface area (Å²) in [6.45, 7) is 12.1. The summed E-state index contributed by atoms with van der Waals surface area (Å²) in [5.41, 5.74) is 2.31. The van der Waals surface area contributed by atoms with Crippen LogP contribution in [0.3, 0.4) is 0 Å². The van der Waals surface area contributed by atoms with E-state index in [1.165, 1.54) is 18.4 Å². The second-order valence-corrected chi connectivity index (χ2v) is 4.16. The molecule has 0 aromatic rings. The molecule has 80 valence electrons. The van der Waals surface area contributed by atoms with E-state index in [-0.39, 0.29) is 0 Å². The lowest BCUT2D eigenvalue weighted by Crippen LogP contribution is -2.20. The predicted molar refractivity (Wildman–Crippen MR) is 60.4 cm³/mol. The van der Waals surface area contributed by atoms with Crippen molar-refractivity contribution in [1.29, 1.82) is 0 Å². The van der Waals surface area contributed by atoms with Crippen LogP contribution < -0.4 is 5.32 Å². The number of hydrogen-bond donors (Lipinski definition) is 1. The summed E-state index contributed by atoms with van der Waals surface area (Å²) in [4.78, 5) is 0. The Bertz CT molecular complexity index is 206. The molecule has 0 bridgehead atoms. The molecule has 0 aromatic heterocycles. The number of rotatable bonds is 8. The Labute approximate surface area is 87.0 Å². The van der Waals surface area contributed by atoms with Crippen molar-refractivity contribution in [2.75, 3.05) is 19.8 Å². The highest BCUT2D eigenvalue weighted by Crippen LogP contribution is 2.18. The van der Waals surface area contributed by atoms with Gasteiger partial charge in [0.25, 0.3) is 0 Å². The lowest BCUT2D eigenvalue weighted by atomic mass is 10.2. The molecule has 1 saturated carbocycles. The summed E-state index contributed by atoms with van der Waals surface area (Å²) >= 11 is 0. The van der Waals surface area contributed by atoms with Gasteiger partial charge in [0.15, 0.2) is 0 Å². The summed E-state index contributed by atoms with van der Waals surface area (Å²) in [6, 6.07) is 0.752. The van der Waals surface area contributed by atoms with Crippen molar-refractivity contribution in [3.63, 3.8) is 0 Å². The van der Waals surface area contributed by atoms with Gasteiger partial charge in [-0.2, -0.15) is 0 Å². The quantitative estimate of drug-likeness (QED) is 0.474. The smallest absolute Gasteiger partial charge is 0.0686 e. The predicted octanol–water partition coefficient (Wildman–Crippen LogP) is 2.28. The number of hydrogen-bond acceptors (Lipinski definition) is 2. The van der Waals surface area contributed by atoms with Crippen LogP contribution >= 0.6 is 0 Å². The molecule has 0 unspecified atom stereocenters. The molecule has 0 aromatic carbocycles. The molecule has 1 rings (SSSR count). The highest BCUT2D eigenvalue weighted by atomic mass is 16.5. The summed E-state index contributed by atoms with van der Waals surface area (Å²) in [6.07, 6.45) is 3.59. The maximum Gasteiger partial charge on any atom is 0.0686 e. The second-order valence-electron chi connectivity index (χ2n) is 4.16. The summed E-state index contributed by atoms with van der Waals surface area (Å²) < 4.78 is 5.46. The van der Waals surface area contributed by atoms with Crippen LogP contribution in [0.5, 0.6) is 0 Å².